The zero-order valence-electron chi connectivity index (χ0n) is 13.1. The van der Waals surface area contributed by atoms with E-state index in [2.05, 4.69) is 37.1 Å². The number of hydrogen-bond acceptors (Lipinski definition) is 5. The van der Waals surface area contributed by atoms with E-state index in [1.807, 2.05) is 20.2 Å². The molecule has 0 aromatic carbocycles. The summed E-state index contributed by atoms with van der Waals surface area (Å²) in [5.74, 6) is 1.75. The number of rotatable bonds is 2. The van der Waals surface area contributed by atoms with Crippen molar-refractivity contribution in [2.24, 2.45) is 7.05 Å². The van der Waals surface area contributed by atoms with E-state index in [9.17, 15) is 0 Å². The average molecular weight is 297 g/mol. The Hall–Kier alpha value is -2.44. The fourth-order valence-corrected chi connectivity index (χ4v) is 3.18. The standard InChI is InChI=1S/C15H19N7/c1-4-12-11-8-22(6-5-13(11)20-19-12)15-10-7-16-21(3)14(10)17-9(2)18-15/h7H,4-6,8H2,1-3H3,(H,19,20). The molecule has 0 radical (unpaired) electrons. The van der Waals surface area contributed by atoms with Gasteiger partial charge in [-0.15, -0.1) is 0 Å². The summed E-state index contributed by atoms with van der Waals surface area (Å²) in [5, 5.41) is 12.9. The normalized spacial score (nSPS) is 14.6. The molecular formula is C15H19N7. The van der Waals surface area contributed by atoms with Crippen molar-refractivity contribution in [2.45, 2.75) is 33.2 Å². The van der Waals surface area contributed by atoms with Crippen LogP contribution in [0.5, 0.6) is 0 Å². The fraction of sp³-hybridized carbons (Fsp3) is 0.467. The smallest absolute Gasteiger partial charge is 0.163 e. The molecular weight excluding hydrogens is 278 g/mol. The summed E-state index contributed by atoms with van der Waals surface area (Å²) in [5.41, 5.74) is 4.63. The predicted molar refractivity (Wildman–Crippen MR) is 83.8 cm³/mol. The van der Waals surface area contributed by atoms with Crippen LogP contribution in [-0.2, 0) is 26.4 Å². The molecule has 4 rings (SSSR count). The molecule has 0 amide bonds. The largest absolute Gasteiger partial charge is 0.351 e. The van der Waals surface area contributed by atoms with Gasteiger partial charge in [-0.05, 0) is 13.3 Å². The van der Waals surface area contributed by atoms with Crippen molar-refractivity contribution in [3.8, 4) is 0 Å². The van der Waals surface area contributed by atoms with Crippen LogP contribution in [0.2, 0.25) is 0 Å². The number of hydrogen-bond donors (Lipinski definition) is 1. The van der Waals surface area contributed by atoms with Gasteiger partial charge in [0.25, 0.3) is 0 Å². The number of nitrogens with zero attached hydrogens (tertiary/aromatic N) is 6. The molecule has 22 heavy (non-hydrogen) atoms. The second kappa shape index (κ2) is 4.79. The van der Waals surface area contributed by atoms with Crippen molar-refractivity contribution in [2.75, 3.05) is 11.4 Å². The minimum atomic E-state index is 0.778. The Morgan fingerprint density at radius 1 is 1.32 bits per heavy atom. The second-order valence-electron chi connectivity index (χ2n) is 5.75. The first kappa shape index (κ1) is 13.2. The summed E-state index contributed by atoms with van der Waals surface area (Å²) < 4.78 is 1.80. The molecule has 7 heteroatoms. The van der Waals surface area contributed by atoms with E-state index in [1.165, 1.54) is 11.3 Å². The van der Waals surface area contributed by atoms with Gasteiger partial charge < -0.3 is 4.90 Å². The second-order valence-corrected chi connectivity index (χ2v) is 5.75. The fourth-order valence-electron chi connectivity index (χ4n) is 3.18. The van der Waals surface area contributed by atoms with Gasteiger partial charge in [0.1, 0.15) is 11.6 Å². The predicted octanol–water partition coefficient (Wildman–Crippen LogP) is 1.52. The number of H-pyrrole nitrogens is 1. The van der Waals surface area contributed by atoms with Crippen LogP contribution < -0.4 is 4.90 Å². The molecule has 0 aliphatic carbocycles. The average Bonchev–Trinajstić information content (AvgIpc) is 3.10. The lowest BCUT2D eigenvalue weighted by atomic mass is 10.0. The van der Waals surface area contributed by atoms with Gasteiger partial charge in [0.2, 0.25) is 0 Å². The molecule has 4 heterocycles. The Morgan fingerprint density at radius 2 is 2.18 bits per heavy atom. The van der Waals surface area contributed by atoms with Gasteiger partial charge in [-0.2, -0.15) is 10.2 Å². The summed E-state index contributed by atoms with van der Waals surface area (Å²) in [7, 11) is 1.91. The van der Waals surface area contributed by atoms with E-state index in [4.69, 9.17) is 0 Å². The number of fused-ring (bicyclic) bond motifs is 2. The van der Waals surface area contributed by atoms with E-state index in [0.29, 0.717) is 0 Å². The van der Waals surface area contributed by atoms with Gasteiger partial charge in [0, 0.05) is 37.8 Å². The minimum Gasteiger partial charge on any atom is -0.351 e. The number of anilines is 1. The van der Waals surface area contributed by atoms with Crippen LogP contribution >= 0.6 is 0 Å². The van der Waals surface area contributed by atoms with Gasteiger partial charge in [0.15, 0.2) is 5.65 Å². The van der Waals surface area contributed by atoms with Crippen molar-refractivity contribution in [3.63, 3.8) is 0 Å². The van der Waals surface area contributed by atoms with Crippen LogP contribution in [0.1, 0.15) is 29.7 Å². The summed E-state index contributed by atoms with van der Waals surface area (Å²) in [6, 6.07) is 0. The Morgan fingerprint density at radius 3 is 3.00 bits per heavy atom. The highest BCUT2D eigenvalue weighted by molar-refractivity contribution is 5.87. The Labute approximate surface area is 128 Å². The van der Waals surface area contributed by atoms with Crippen LogP contribution in [0.3, 0.4) is 0 Å². The van der Waals surface area contributed by atoms with Crippen molar-refractivity contribution in [1.29, 1.82) is 0 Å². The molecule has 3 aromatic heterocycles. The zero-order chi connectivity index (χ0) is 15.3. The van der Waals surface area contributed by atoms with Gasteiger partial charge in [-0.1, -0.05) is 6.92 Å². The molecule has 1 aliphatic heterocycles. The molecule has 0 atom stereocenters. The quantitative estimate of drug-likeness (QED) is 0.776. The van der Waals surface area contributed by atoms with E-state index < -0.39 is 0 Å². The molecule has 0 saturated carbocycles. The lowest BCUT2D eigenvalue weighted by Gasteiger charge is -2.28. The topological polar surface area (TPSA) is 75.5 Å². The number of aromatic nitrogens is 6. The maximum Gasteiger partial charge on any atom is 0.163 e. The first-order valence-corrected chi connectivity index (χ1v) is 7.63. The molecule has 0 bridgehead atoms. The van der Waals surface area contributed by atoms with Crippen LogP contribution in [0.4, 0.5) is 5.82 Å². The van der Waals surface area contributed by atoms with Crippen LogP contribution in [0.25, 0.3) is 11.0 Å². The maximum atomic E-state index is 4.68. The molecule has 0 spiro atoms. The molecule has 7 nitrogen and oxygen atoms in total. The molecule has 0 unspecified atom stereocenters. The third kappa shape index (κ3) is 1.88. The van der Waals surface area contributed by atoms with Gasteiger partial charge in [-0.25, -0.2) is 9.97 Å². The van der Waals surface area contributed by atoms with Crippen molar-refractivity contribution in [3.05, 3.63) is 29.0 Å². The third-order valence-corrected chi connectivity index (χ3v) is 4.34. The Balaban J connectivity index is 1.80. The highest BCUT2D eigenvalue weighted by atomic mass is 15.3. The van der Waals surface area contributed by atoms with Crippen LogP contribution in [0, 0.1) is 6.92 Å². The number of aryl methyl sites for hydroxylation is 3. The number of nitrogens with one attached hydrogen (secondary N) is 1. The number of aromatic amines is 1. The lowest BCUT2D eigenvalue weighted by Crippen LogP contribution is -2.31. The molecule has 114 valence electrons. The maximum absolute atomic E-state index is 4.68. The van der Waals surface area contributed by atoms with Gasteiger partial charge >= 0.3 is 0 Å². The summed E-state index contributed by atoms with van der Waals surface area (Å²) >= 11 is 0. The monoisotopic (exact) mass is 297 g/mol. The summed E-state index contributed by atoms with van der Waals surface area (Å²) in [6.45, 7) is 5.85. The van der Waals surface area contributed by atoms with Gasteiger partial charge in [-0.3, -0.25) is 9.78 Å². The van der Waals surface area contributed by atoms with Crippen LogP contribution in [-0.4, -0.2) is 36.5 Å². The van der Waals surface area contributed by atoms with Crippen LogP contribution in [0.15, 0.2) is 6.20 Å². The summed E-state index contributed by atoms with van der Waals surface area (Å²) in [6.07, 6.45) is 3.77. The summed E-state index contributed by atoms with van der Waals surface area (Å²) in [4.78, 5) is 11.5. The third-order valence-electron chi connectivity index (χ3n) is 4.34. The van der Waals surface area contributed by atoms with E-state index in [0.717, 1.165) is 54.3 Å². The Kier molecular flexibility index (Phi) is 2.88. The van der Waals surface area contributed by atoms with Crippen molar-refractivity contribution < 1.29 is 0 Å². The van der Waals surface area contributed by atoms with E-state index >= 15 is 0 Å². The van der Waals surface area contributed by atoms with E-state index in [1.54, 1.807) is 4.68 Å². The molecule has 1 aliphatic rings. The van der Waals surface area contributed by atoms with Crippen molar-refractivity contribution >= 4 is 16.9 Å². The zero-order valence-corrected chi connectivity index (χ0v) is 13.1. The van der Waals surface area contributed by atoms with Gasteiger partial charge in [0.05, 0.1) is 17.3 Å². The molecule has 0 saturated heterocycles. The molecule has 1 N–H and O–H groups in total. The van der Waals surface area contributed by atoms with Crippen molar-refractivity contribution in [1.82, 2.24) is 29.9 Å². The minimum absolute atomic E-state index is 0.778. The molecule has 3 aromatic rings. The first-order valence-electron chi connectivity index (χ1n) is 7.63. The first-order chi connectivity index (χ1) is 10.7. The SMILES string of the molecule is CCc1n[nH]c2c1CN(c1nc(C)nc3c1cnn3C)CC2. The molecule has 0 fully saturated rings. The van der Waals surface area contributed by atoms with E-state index in [-0.39, 0.29) is 0 Å². The highest BCUT2D eigenvalue weighted by Crippen LogP contribution is 2.29. The lowest BCUT2D eigenvalue weighted by molar-refractivity contribution is 0.707. The Bertz CT molecular complexity index is 832. The highest BCUT2D eigenvalue weighted by Gasteiger charge is 2.24.